The zero-order valence-corrected chi connectivity index (χ0v) is 56.9. The van der Waals surface area contributed by atoms with Crippen molar-refractivity contribution in [3.63, 3.8) is 0 Å². The van der Waals surface area contributed by atoms with Gasteiger partial charge in [0, 0.05) is 34.7 Å². The van der Waals surface area contributed by atoms with Crippen LogP contribution in [-0.4, -0.2) is 191 Å². The van der Waals surface area contributed by atoms with Crippen molar-refractivity contribution in [1.82, 2.24) is 37.2 Å². The molecule has 0 aromatic heterocycles. The van der Waals surface area contributed by atoms with Gasteiger partial charge in [-0.15, -0.1) is 0 Å². The fraction of sp³-hybridized carbons (Fsp3) is 0.424. The predicted molar refractivity (Wildman–Crippen MR) is 354 cm³/mol. The molecule has 102 heavy (non-hydrogen) atoms. The molecule has 7 aliphatic rings. The molecule has 548 valence electrons. The molecule has 11 bridgehead atoms. The fourth-order valence-electron chi connectivity index (χ4n) is 12.5. The lowest BCUT2D eigenvalue weighted by atomic mass is 9.86. The van der Waals surface area contributed by atoms with Gasteiger partial charge in [0.2, 0.25) is 53.4 Å². The third-order valence-electron chi connectivity index (χ3n) is 17.9. The van der Waals surface area contributed by atoms with Crippen LogP contribution in [0.2, 0.25) is 15.1 Å². The van der Waals surface area contributed by atoms with Crippen molar-refractivity contribution in [3.05, 3.63) is 116 Å². The van der Waals surface area contributed by atoms with Gasteiger partial charge in [-0.05, 0) is 104 Å². The average molecular weight is 1480 g/mol. The SMILES string of the molecule is CN[C@H](CC(C)C)C(=O)N[C@H]1C(=O)N[C@@H](CC(N)=O)C(=O)N[C@H]2C(=O)N[C@H]3C(=O)N[C@H](C(=O)N[C@H](C(=O)O)c4c(Cl)c(O)cc(O)c4-c4cc3ccc4O)[C@H](O)c3ccc(c(Cl)c3)Oc3cc2cc(c3O[C@@H]2O[C@H](CO)[C@@H](O)[C@H](O)[C@H]2O[C@H]2C[C@](C)(N)[C@H](O)[C@H](C)O2)Oc2ccc(cc2Cl)[C@H]1O. The number of nitrogens with two attached hydrogens (primary N) is 2. The summed E-state index contributed by atoms with van der Waals surface area (Å²) in [5.74, 6) is -16.6. The summed E-state index contributed by atoms with van der Waals surface area (Å²) in [5, 5.41) is 130. The highest BCUT2D eigenvalue weighted by atomic mass is 35.5. The Labute approximate surface area is 594 Å². The Bertz CT molecular complexity index is 4130. The molecule has 0 radical (unpaired) electrons. The normalized spacial score (nSPS) is 29.3. The monoisotopic (exact) mass is 1480 g/mol. The number of carbonyl (C=O) groups excluding carboxylic acids is 7. The molecule has 7 amide bonds. The number of amides is 7. The van der Waals surface area contributed by atoms with Gasteiger partial charge in [0.25, 0.3) is 0 Å². The Morgan fingerprint density at radius 2 is 1.30 bits per heavy atom. The van der Waals surface area contributed by atoms with Gasteiger partial charge in [0.05, 0.1) is 46.3 Å². The zero-order valence-electron chi connectivity index (χ0n) is 54.6. The number of hydrogen-bond acceptors (Lipinski definition) is 25. The number of aliphatic hydroxyl groups excluding tert-OH is 6. The predicted octanol–water partition coefficient (Wildman–Crippen LogP) is 0.760. The number of likely N-dealkylation sites (N-methyl/N-ethyl adjacent to an activating group) is 1. The number of nitrogens with one attached hydrogen (secondary N) is 7. The molecule has 0 aliphatic carbocycles. The first-order chi connectivity index (χ1) is 48.1. The molecule has 0 spiro atoms. The molecule has 36 heteroatoms. The third kappa shape index (κ3) is 15.7. The molecule has 12 rings (SSSR count). The lowest BCUT2D eigenvalue weighted by Crippen LogP contribution is -2.64. The minimum Gasteiger partial charge on any atom is -0.507 e. The van der Waals surface area contributed by atoms with Gasteiger partial charge in [0.1, 0.15) is 89.5 Å². The van der Waals surface area contributed by atoms with Crippen LogP contribution >= 0.6 is 34.8 Å². The lowest BCUT2D eigenvalue weighted by molar-refractivity contribution is -0.333. The Balaban J connectivity index is 1.24. The van der Waals surface area contributed by atoms with Gasteiger partial charge in [-0.1, -0.05) is 66.8 Å². The zero-order chi connectivity index (χ0) is 74.4. The smallest absolute Gasteiger partial charge is 0.330 e. The number of carbonyl (C=O) groups is 8. The lowest BCUT2D eigenvalue weighted by Gasteiger charge is -2.47. The molecule has 0 saturated carbocycles. The summed E-state index contributed by atoms with van der Waals surface area (Å²) in [5.41, 5.74) is 7.53. The number of benzene rings is 5. The molecule has 5 aromatic carbocycles. The van der Waals surface area contributed by atoms with E-state index in [-0.39, 0.29) is 40.7 Å². The molecule has 33 nitrogen and oxygen atoms in total. The first kappa shape index (κ1) is 75.7. The second-order valence-electron chi connectivity index (χ2n) is 25.8. The molecule has 0 unspecified atom stereocenters. The van der Waals surface area contributed by atoms with Crippen LogP contribution in [0.5, 0.6) is 46.0 Å². The first-order valence-electron chi connectivity index (χ1n) is 31.7. The fourth-order valence-corrected chi connectivity index (χ4v) is 13.2. The second kappa shape index (κ2) is 30.6. The minimum atomic E-state index is -2.39. The van der Waals surface area contributed by atoms with Crippen LogP contribution in [0.25, 0.3) is 11.1 Å². The number of aliphatic hydroxyl groups is 6. The van der Waals surface area contributed by atoms with Crippen LogP contribution in [0, 0.1) is 5.92 Å². The molecule has 2 fully saturated rings. The molecule has 2 saturated heterocycles. The number of rotatable bonds is 13. The van der Waals surface area contributed by atoms with E-state index in [9.17, 15) is 75.0 Å². The van der Waals surface area contributed by atoms with E-state index in [0.717, 1.165) is 54.6 Å². The maximum atomic E-state index is 16.0. The number of carboxylic acids is 1. The largest absolute Gasteiger partial charge is 0.507 e. The summed E-state index contributed by atoms with van der Waals surface area (Å²) < 4.78 is 38.3. The molecular formula is C66H74Cl3N9O24. The topological polar surface area (TPSA) is 530 Å². The maximum absolute atomic E-state index is 16.0. The highest BCUT2D eigenvalue weighted by Crippen LogP contribution is 2.51. The van der Waals surface area contributed by atoms with E-state index < -0.39 is 248 Å². The number of aromatic hydroxyl groups is 3. The summed E-state index contributed by atoms with van der Waals surface area (Å²) in [7, 11) is 1.47. The van der Waals surface area contributed by atoms with Crippen LogP contribution < -0.4 is 62.9 Å². The van der Waals surface area contributed by atoms with Gasteiger partial charge in [-0.2, -0.15) is 0 Å². The Morgan fingerprint density at radius 3 is 1.88 bits per heavy atom. The molecule has 7 aliphatic heterocycles. The van der Waals surface area contributed by atoms with E-state index >= 15 is 14.4 Å². The summed E-state index contributed by atoms with van der Waals surface area (Å²) in [6.45, 7) is 5.64. The van der Waals surface area contributed by atoms with Crippen LogP contribution in [0.15, 0.2) is 72.8 Å². The van der Waals surface area contributed by atoms with E-state index in [0.29, 0.717) is 6.07 Å². The Morgan fingerprint density at radius 1 is 0.706 bits per heavy atom. The van der Waals surface area contributed by atoms with Crippen molar-refractivity contribution < 1.29 is 118 Å². The summed E-state index contributed by atoms with van der Waals surface area (Å²) in [6, 6.07) is -2.08. The second-order valence-corrected chi connectivity index (χ2v) is 27.0. The van der Waals surface area contributed by atoms with Crippen molar-refractivity contribution in [2.75, 3.05) is 13.7 Å². The number of phenols is 3. The van der Waals surface area contributed by atoms with Crippen LogP contribution in [0.1, 0.15) is 105 Å². The Kier molecular flexibility index (Phi) is 22.7. The van der Waals surface area contributed by atoms with Gasteiger partial charge in [0.15, 0.2) is 29.9 Å². The van der Waals surface area contributed by atoms with Crippen molar-refractivity contribution in [2.45, 2.75) is 156 Å². The number of halogens is 3. The standard InChI is InChI=1S/C66H74Cl3N9O24/c1-22(2)12-31(72-5)58(89)77-49-51(84)25-7-10-36(29(67)14-25)98-38-16-27-17-39(55(38)102-65-56(54(87)53(86)40(21-79)100-65)101-42-20-66(4,71)57(88)23(3)97-42)99-37-11-8-26(15-30(37)68)52(85)50-63(94)76-48(64(95)96)44-43(34(81)19-35(82)45(44)69)28-13-24(6-9-33(28)80)46(60(91)78-50)75-61(92)47(27)74-59(90)32(18-41(70)83)73-62(49)93/h6-11,13-17,19,22-23,31-32,40,42,46-54,56-57,65,72,79-82,84-88H,12,18,20-21,71H2,1-5H3,(H2,70,83)(H,73,93)(H,74,90)(H,75,92)(H,76,94)(H,77,89)(H,78,91)(H,95,96)/t23-,31+,32-,40+,42-,46+,47+,48-,49+,50-,51+,52+,53+,54-,56+,57+,65-,66-/m0/s1. The summed E-state index contributed by atoms with van der Waals surface area (Å²) in [6.07, 6.45) is -18.7. The van der Waals surface area contributed by atoms with Crippen LogP contribution in [0.3, 0.4) is 0 Å². The van der Waals surface area contributed by atoms with Crippen LogP contribution in [0.4, 0.5) is 0 Å². The highest BCUT2D eigenvalue weighted by Gasteiger charge is 2.52. The summed E-state index contributed by atoms with van der Waals surface area (Å²) >= 11 is 20.7. The van der Waals surface area contributed by atoms with Gasteiger partial charge >= 0.3 is 5.97 Å². The van der Waals surface area contributed by atoms with Gasteiger partial charge in [-0.3, -0.25) is 33.6 Å². The van der Waals surface area contributed by atoms with E-state index in [1.807, 2.05) is 13.8 Å². The third-order valence-corrected chi connectivity index (χ3v) is 18.9. The number of primary amides is 1. The number of ether oxygens (including phenoxy) is 6. The summed E-state index contributed by atoms with van der Waals surface area (Å²) in [4.78, 5) is 117. The van der Waals surface area contributed by atoms with E-state index in [4.69, 9.17) is 74.7 Å². The molecule has 5 aromatic rings. The van der Waals surface area contributed by atoms with Crippen molar-refractivity contribution in [1.29, 1.82) is 0 Å². The number of fused-ring (bicyclic) bond motifs is 15. The van der Waals surface area contributed by atoms with E-state index in [1.54, 1.807) is 0 Å². The highest BCUT2D eigenvalue weighted by molar-refractivity contribution is 6.34. The number of aliphatic carboxylic acids is 1. The van der Waals surface area contributed by atoms with Crippen molar-refractivity contribution >= 4 is 82.1 Å². The maximum Gasteiger partial charge on any atom is 0.330 e. The van der Waals surface area contributed by atoms with Crippen LogP contribution in [-0.2, 0) is 52.6 Å². The Hall–Kier alpha value is -8.91. The molecular weight excluding hydrogens is 1410 g/mol. The van der Waals surface area contributed by atoms with Crippen molar-refractivity contribution in [3.8, 4) is 57.1 Å². The quantitative estimate of drug-likeness (QED) is 0.0774. The number of carboxylic acid groups (broad SMARTS) is 1. The molecule has 18 atom stereocenters. The number of phenolic OH excluding ortho intramolecular Hbond substituents is 3. The van der Waals surface area contributed by atoms with E-state index in [2.05, 4.69) is 37.2 Å². The van der Waals surface area contributed by atoms with Gasteiger partial charge in [-0.25, -0.2) is 4.79 Å². The number of hydrogen-bond donors (Lipinski definition) is 19. The van der Waals surface area contributed by atoms with E-state index in [1.165, 1.54) is 33.0 Å². The van der Waals surface area contributed by atoms with Gasteiger partial charge < -0.3 is 128 Å². The average Bonchev–Trinajstić information content (AvgIpc) is 0.754. The molecule has 7 heterocycles. The minimum absolute atomic E-state index is 0.103. The van der Waals surface area contributed by atoms with Crippen molar-refractivity contribution in [2.24, 2.45) is 17.4 Å². The molecule has 21 N–H and O–H groups in total. The first-order valence-corrected chi connectivity index (χ1v) is 32.9.